The number of halogens is 1. The van der Waals surface area contributed by atoms with Gasteiger partial charge in [0.15, 0.2) is 0 Å². The Bertz CT molecular complexity index is 93.3. The van der Waals surface area contributed by atoms with Crippen molar-refractivity contribution in [1.29, 1.82) is 0 Å². The minimum Gasteiger partial charge on any atom is -0.384 e. The molecule has 0 aliphatic heterocycles. The van der Waals surface area contributed by atoms with E-state index >= 15 is 0 Å². The van der Waals surface area contributed by atoms with Gasteiger partial charge in [0.25, 0.3) is 0 Å². The van der Waals surface area contributed by atoms with E-state index in [0.29, 0.717) is 11.3 Å². The van der Waals surface area contributed by atoms with Crippen molar-refractivity contribution in [3.05, 3.63) is 0 Å². The van der Waals surface area contributed by atoms with E-state index in [2.05, 4.69) is 0 Å². The fraction of sp³-hybridized carbons (Fsp3) is 1.00. The summed E-state index contributed by atoms with van der Waals surface area (Å²) in [6, 6.07) is 0. The van der Waals surface area contributed by atoms with Crippen molar-refractivity contribution in [2.24, 2.45) is 5.92 Å². The molecule has 0 unspecified atom stereocenters. The zero-order valence-corrected chi connectivity index (χ0v) is 7.23. The first kappa shape index (κ1) is 8.35. The second-order valence-electron chi connectivity index (χ2n) is 3.02. The summed E-state index contributed by atoms with van der Waals surface area (Å²) >= 11 is 6.08. The molecule has 1 nitrogen and oxygen atoms in total. The summed E-state index contributed by atoms with van der Waals surface area (Å²) in [6.07, 6.45) is 5.06. The maximum Gasteiger partial charge on any atom is 0.0504 e. The molecular weight excluding hydrogens is 148 g/mol. The van der Waals surface area contributed by atoms with Crippen LogP contribution in [0, 0.1) is 5.92 Å². The fourth-order valence-electron chi connectivity index (χ4n) is 1.56. The predicted octanol–water partition coefficient (Wildman–Crippen LogP) is 2.43. The molecule has 1 aliphatic rings. The lowest BCUT2D eigenvalue weighted by Gasteiger charge is -2.25. The third-order valence-corrected chi connectivity index (χ3v) is 2.77. The summed E-state index contributed by atoms with van der Waals surface area (Å²) in [5.74, 6) is 0.611. The third kappa shape index (κ3) is 2.14. The predicted molar refractivity (Wildman–Crippen MR) is 43.5 cm³/mol. The lowest BCUT2D eigenvalue weighted by atomic mass is 9.89. The molecule has 0 aromatic carbocycles. The van der Waals surface area contributed by atoms with Crippen molar-refractivity contribution in [2.45, 2.75) is 31.1 Å². The van der Waals surface area contributed by atoms with Crippen LogP contribution in [0.1, 0.15) is 25.7 Å². The first-order valence-corrected chi connectivity index (χ1v) is 4.41. The van der Waals surface area contributed by atoms with Gasteiger partial charge < -0.3 is 4.74 Å². The summed E-state index contributed by atoms with van der Waals surface area (Å²) < 4.78 is 5.07. The largest absolute Gasteiger partial charge is 0.384 e. The van der Waals surface area contributed by atoms with Crippen molar-refractivity contribution in [3.63, 3.8) is 0 Å². The first-order valence-electron chi connectivity index (χ1n) is 3.97. The van der Waals surface area contributed by atoms with E-state index in [4.69, 9.17) is 16.3 Å². The van der Waals surface area contributed by atoms with Crippen LogP contribution in [0.5, 0.6) is 0 Å². The summed E-state index contributed by atoms with van der Waals surface area (Å²) in [4.78, 5) is 0. The van der Waals surface area contributed by atoms with Gasteiger partial charge in [-0.05, 0) is 18.8 Å². The highest BCUT2D eigenvalue weighted by molar-refractivity contribution is 6.20. The summed E-state index contributed by atoms with van der Waals surface area (Å²) in [5, 5.41) is 0.369. The van der Waals surface area contributed by atoms with Gasteiger partial charge in [0.05, 0.1) is 6.61 Å². The molecular formula is C8H15ClO. The van der Waals surface area contributed by atoms with Crippen molar-refractivity contribution in [1.82, 2.24) is 0 Å². The monoisotopic (exact) mass is 162 g/mol. The van der Waals surface area contributed by atoms with Crippen LogP contribution >= 0.6 is 11.6 Å². The van der Waals surface area contributed by atoms with E-state index in [1.165, 1.54) is 25.7 Å². The van der Waals surface area contributed by atoms with Gasteiger partial charge in [-0.1, -0.05) is 12.8 Å². The summed E-state index contributed by atoms with van der Waals surface area (Å²) in [7, 11) is 1.75. The second-order valence-corrected chi connectivity index (χ2v) is 3.58. The molecule has 2 heteroatoms. The summed E-state index contributed by atoms with van der Waals surface area (Å²) in [6.45, 7) is 0.841. The Kier molecular flexibility index (Phi) is 3.50. The van der Waals surface area contributed by atoms with Crippen molar-refractivity contribution < 1.29 is 4.74 Å². The SMILES string of the molecule is COC[C@@H]1CCCC[C@H]1Cl. The number of hydrogen-bond donors (Lipinski definition) is 0. The van der Waals surface area contributed by atoms with Crippen LogP contribution in [-0.4, -0.2) is 19.1 Å². The van der Waals surface area contributed by atoms with Gasteiger partial charge in [-0.2, -0.15) is 0 Å². The normalized spacial score (nSPS) is 34.2. The fourth-order valence-corrected chi connectivity index (χ4v) is 1.92. The Morgan fingerprint density at radius 3 is 2.70 bits per heavy atom. The Balaban J connectivity index is 2.25. The van der Waals surface area contributed by atoms with E-state index < -0.39 is 0 Å². The van der Waals surface area contributed by atoms with Crippen LogP contribution in [0.25, 0.3) is 0 Å². The van der Waals surface area contributed by atoms with E-state index in [1.807, 2.05) is 0 Å². The van der Waals surface area contributed by atoms with Gasteiger partial charge >= 0.3 is 0 Å². The lowest BCUT2D eigenvalue weighted by Crippen LogP contribution is -2.23. The van der Waals surface area contributed by atoms with Gasteiger partial charge in [0, 0.05) is 12.5 Å². The number of alkyl halides is 1. The lowest BCUT2D eigenvalue weighted by molar-refractivity contribution is 0.133. The van der Waals surface area contributed by atoms with Gasteiger partial charge in [0.2, 0.25) is 0 Å². The Hall–Kier alpha value is 0.250. The number of ether oxygens (including phenoxy) is 1. The summed E-state index contributed by atoms with van der Waals surface area (Å²) in [5.41, 5.74) is 0. The van der Waals surface area contributed by atoms with Crippen molar-refractivity contribution >= 4 is 11.6 Å². The van der Waals surface area contributed by atoms with Crippen molar-refractivity contribution in [2.75, 3.05) is 13.7 Å². The van der Waals surface area contributed by atoms with Crippen LogP contribution in [0.4, 0.5) is 0 Å². The molecule has 1 saturated carbocycles. The molecule has 0 spiro atoms. The van der Waals surface area contributed by atoms with E-state index in [0.717, 1.165) is 6.61 Å². The molecule has 0 bridgehead atoms. The first-order chi connectivity index (χ1) is 4.84. The third-order valence-electron chi connectivity index (χ3n) is 2.20. The van der Waals surface area contributed by atoms with Crippen LogP contribution in [0.3, 0.4) is 0 Å². The molecule has 0 aromatic heterocycles. The molecule has 10 heavy (non-hydrogen) atoms. The standard InChI is InChI=1S/C8H15ClO/c1-10-6-7-4-2-3-5-8(7)9/h7-8H,2-6H2,1H3/t7-,8+/m0/s1. The number of rotatable bonds is 2. The van der Waals surface area contributed by atoms with E-state index in [1.54, 1.807) is 7.11 Å². The molecule has 0 aromatic rings. The Labute approximate surface area is 67.7 Å². The second kappa shape index (κ2) is 4.20. The molecule has 1 fully saturated rings. The highest BCUT2D eigenvalue weighted by Crippen LogP contribution is 2.28. The van der Waals surface area contributed by atoms with Gasteiger partial charge in [-0.25, -0.2) is 0 Å². The van der Waals surface area contributed by atoms with E-state index in [9.17, 15) is 0 Å². The molecule has 1 aliphatic carbocycles. The zero-order valence-electron chi connectivity index (χ0n) is 6.48. The molecule has 0 amide bonds. The zero-order chi connectivity index (χ0) is 7.40. The molecule has 1 rings (SSSR count). The van der Waals surface area contributed by atoms with Gasteiger partial charge in [-0.15, -0.1) is 11.6 Å². The number of methoxy groups -OCH3 is 1. The maximum absolute atomic E-state index is 6.08. The molecule has 0 N–H and O–H groups in total. The molecule has 60 valence electrons. The molecule has 0 saturated heterocycles. The molecule has 0 heterocycles. The maximum atomic E-state index is 6.08. The molecule has 0 radical (unpaired) electrons. The quantitative estimate of drug-likeness (QED) is 0.567. The number of hydrogen-bond acceptors (Lipinski definition) is 1. The topological polar surface area (TPSA) is 9.23 Å². The van der Waals surface area contributed by atoms with Crippen LogP contribution in [0.2, 0.25) is 0 Å². The smallest absolute Gasteiger partial charge is 0.0504 e. The average Bonchev–Trinajstić information content (AvgIpc) is 1.94. The van der Waals surface area contributed by atoms with Gasteiger partial charge in [0.1, 0.15) is 0 Å². The van der Waals surface area contributed by atoms with Crippen LogP contribution < -0.4 is 0 Å². The molecule has 2 atom stereocenters. The average molecular weight is 163 g/mol. The van der Waals surface area contributed by atoms with Gasteiger partial charge in [-0.3, -0.25) is 0 Å². The highest BCUT2D eigenvalue weighted by atomic mass is 35.5. The van der Waals surface area contributed by atoms with E-state index in [-0.39, 0.29) is 0 Å². The van der Waals surface area contributed by atoms with Crippen LogP contribution in [-0.2, 0) is 4.74 Å². The minimum absolute atomic E-state index is 0.369. The van der Waals surface area contributed by atoms with Crippen molar-refractivity contribution in [3.8, 4) is 0 Å². The Morgan fingerprint density at radius 2 is 2.10 bits per heavy atom. The Morgan fingerprint density at radius 1 is 1.40 bits per heavy atom. The highest BCUT2D eigenvalue weighted by Gasteiger charge is 2.22. The minimum atomic E-state index is 0.369. The van der Waals surface area contributed by atoms with Crippen LogP contribution in [0.15, 0.2) is 0 Å².